The molecule has 2 saturated heterocycles. The van der Waals surface area contributed by atoms with Crippen molar-refractivity contribution in [1.82, 2.24) is 10.2 Å². The quantitative estimate of drug-likeness (QED) is 0.492. The first kappa shape index (κ1) is 15.9. The van der Waals surface area contributed by atoms with Gasteiger partial charge < -0.3 is 15.0 Å². The number of rotatable bonds is 5. The van der Waals surface area contributed by atoms with Crippen LogP contribution in [0, 0.1) is 0 Å². The maximum Gasteiger partial charge on any atom is 0.330 e. The summed E-state index contributed by atoms with van der Waals surface area (Å²) >= 11 is 1.51. The zero-order chi connectivity index (χ0) is 16.6. The Bertz CT molecular complexity index is 634. The second-order valence-corrected chi connectivity index (χ2v) is 7.89. The molecule has 3 atom stereocenters. The van der Waals surface area contributed by atoms with Crippen LogP contribution in [0.3, 0.4) is 0 Å². The maximum absolute atomic E-state index is 12.5. The zero-order valence-corrected chi connectivity index (χ0v) is 13.7. The van der Waals surface area contributed by atoms with E-state index in [0.29, 0.717) is 6.41 Å². The number of hydrogen-bond donors (Lipinski definition) is 1. The van der Waals surface area contributed by atoms with Crippen LogP contribution in [0.25, 0.3) is 0 Å². The largest absolute Gasteiger partial charge is 0.459 e. The lowest BCUT2D eigenvalue weighted by Gasteiger charge is -2.43. The van der Waals surface area contributed by atoms with Gasteiger partial charge in [-0.2, -0.15) is 0 Å². The first-order chi connectivity index (χ1) is 11.0. The Morgan fingerprint density at radius 2 is 2.09 bits per heavy atom. The van der Waals surface area contributed by atoms with Crippen molar-refractivity contribution in [2.45, 2.75) is 42.7 Å². The molecular formula is C16H18N2O4S. The Balaban J connectivity index is 1.70. The molecule has 23 heavy (non-hydrogen) atoms. The fourth-order valence-corrected chi connectivity index (χ4v) is 4.66. The van der Waals surface area contributed by atoms with Gasteiger partial charge in [-0.05, 0) is 19.4 Å². The Morgan fingerprint density at radius 1 is 1.39 bits per heavy atom. The molecule has 0 aromatic heterocycles. The third-order valence-corrected chi connectivity index (χ3v) is 5.71. The molecule has 0 spiro atoms. The van der Waals surface area contributed by atoms with Crippen LogP contribution in [0.5, 0.6) is 0 Å². The Labute approximate surface area is 138 Å². The summed E-state index contributed by atoms with van der Waals surface area (Å²) in [7, 11) is 0. The minimum atomic E-state index is -0.640. The van der Waals surface area contributed by atoms with E-state index in [0.717, 1.165) is 5.56 Å². The first-order valence-corrected chi connectivity index (χ1v) is 8.24. The number of carbonyl (C=O) groups is 3. The van der Waals surface area contributed by atoms with Crippen LogP contribution in [0.1, 0.15) is 19.4 Å². The molecule has 0 aliphatic carbocycles. The van der Waals surface area contributed by atoms with Gasteiger partial charge in [-0.3, -0.25) is 9.59 Å². The molecule has 2 fully saturated rings. The third kappa shape index (κ3) is 2.69. The molecule has 0 unspecified atom stereocenters. The highest BCUT2D eigenvalue weighted by molar-refractivity contribution is 8.01. The van der Waals surface area contributed by atoms with E-state index in [-0.39, 0.29) is 17.9 Å². The summed E-state index contributed by atoms with van der Waals surface area (Å²) in [6.45, 7) is 4.00. The average Bonchev–Trinajstić information content (AvgIpc) is 2.79. The number of nitrogens with zero attached hydrogens (tertiary/aromatic N) is 1. The maximum atomic E-state index is 12.5. The Kier molecular flexibility index (Phi) is 4.06. The van der Waals surface area contributed by atoms with Crippen LogP contribution >= 0.6 is 11.8 Å². The molecule has 2 heterocycles. The molecule has 2 aliphatic heterocycles. The molecule has 7 heteroatoms. The van der Waals surface area contributed by atoms with Crippen LogP contribution in [0.15, 0.2) is 30.3 Å². The van der Waals surface area contributed by atoms with Crippen LogP contribution in [0.2, 0.25) is 0 Å². The minimum Gasteiger partial charge on any atom is -0.459 e. The Morgan fingerprint density at radius 3 is 2.74 bits per heavy atom. The summed E-state index contributed by atoms with van der Waals surface area (Å²) in [6.07, 6.45) is 0.522. The van der Waals surface area contributed by atoms with E-state index in [4.69, 9.17) is 4.74 Å². The fraction of sp³-hybridized carbons (Fsp3) is 0.438. The molecule has 1 aromatic rings. The predicted octanol–water partition coefficient (Wildman–Crippen LogP) is 0.907. The normalized spacial score (nSPS) is 27.8. The second-order valence-electron chi connectivity index (χ2n) is 6.12. The van der Waals surface area contributed by atoms with E-state index < -0.39 is 22.8 Å². The number of nitrogens with one attached hydrogen (secondary N) is 1. The van der Waals surface area contributed by atoms with Crippen molar-refractivity contribution in [3.8, 4) is 0 Å². The van der Waals surface area contributed by atoms with Crippen molar-refractivity contribution in [2.24, 2.45) is 0 Å². The van der Waals surface area contributed by atoms with Crippen molar-refractivity contribution in [1.29, 1.82) is 0 Å². The fourth-order valence-electron chi connectivity index (χ4n) is 3.03. The summed E-state index contributed by atoms with van der Waals surface area (Å²) in [5.41, 5.74) is 0.899. The number of esters is 1. The van der Waals surface area contributed by atoms with Crippen LogP contribution in [-0.4, -0.2) is 45.4 Å². The summed E-state index contributed by atoms with van der Waals surface area (Å²) in [5, 5.41) is 2.30. The molecule has 0 radical (unpaired) electrons. The van der Waals surface area contributed by atoms with E-state index >= 15 is 0 Å². The highest BCUT2D eigenvalue weighted by Gasteiger charge is 2.64. The van der Waals surface area contributed by atoms with Gasteiger partial charge >= 0.3 is 5.97 Å². The lowest BCUT2D eigenvalue weighted by Crippen LogP contribution is -2.69. The number of benzene rings is 1. The van der Waals surface area contributed by atoms with Crippen LogP contribution in [0.4, 0.5) is 0 Å². The number of amides is 2. The first-order valence-electron chi connectivity index (χ1n) is 7.36. The molecule has 2 amide bonds. The number of hydrogen-bond acceptors (Lipinski definition) is 5. The van der Waals surface area contributed by atoms with E-state index in [1.807, 2.05) is 44.2 Å². The van der Waals surface area contributed by atoms with Gasteiger partial charge in [0, 0.05) is 4.75 Å². The lowest BCUT2D eigenvalue weighted by atomic mass is 9.96. The van der Waals surface area contributed by atoms with Gasteiger partial charge in [-0.15, -0.1) is 11.8 Å². The van der Waals surface area contributed by atoms with Crippen molar-refractivity contribution in [2.75, 3.05) is 0 Å². The summed E-state index contributed by atoms with van der Waals surface area (Å²) in [4.78, 5) is 36.8. The molecule has 2 aliphatic rings. The molecule has 0 bridgehead atoms. The van der Waals surface area contributed by atoms with Gasteiger partial charge in [0.05, 0.1) is 0 Å². The highest BCUT2D eigenvalue weighted by Crippen LogP contribution is 2.50. The lowest BCUT2D eigenvalue weighted by molar-refractivity contribution is -0.164. The van der Waals surface area contributed by atoms with Gasteiger partial charge in [-0.25, -0.2) is 4.79 Å². The molecule has 122 valence electrons. The van der Waals surface area contributed by atoms with Gasteiger partial charge in [-0.1, -0.05) is 30.3 Å². The van der Waals surface area contributed by atoms with Gasteiger partial charge in [0.1, 0.15) is 24.1 Å². The molecular weight excluding hydrogens is 316 g/mol. The van der Waals surface area contributed by atoms with E-state index in [9.17, 15) is 14.4 Å². The summed E-state index contributed by atoms with van der Waals surface area (Å²) in [6, 6.07) is 8.22. The molecule has 1 N–H and O–H groups in total. The van der Waals surface area contributed by atoms with E-state index in [1.54, 1.807) is 0 Å². The van der Waals surface area contributed by atoms with Gasteiger partial charge in [0.15, 0.2) is 0 Å². The number of carbonyl (C=O) groups excluding carboxylic acids is 3. The van der Waals surface area contributed by atoms with Crippen LogP contribution < -0.4 is 5.32 Å². The monoisotopic (exact) mass is 334 g/mol. The molecule has 1 aromatic carbocycles. The van der Waals surface area contributed by atoms with Crippen molar-refractivity contribution >= 4 is 30.0 Å². The van der Waals surface area contributed by atoms with Crippen molar-refractivity contribution in [3.05, 3.63) is 35.9 Å². The smallest absolute Gasteiger partial charge is 0.330 e. The van der Waals surface area contributed by atoms with Crippen LogP contribution in [-0.2, 0) is 25.7 Å². The van der Waals surface area contributed by atoms with Crippen molar-refractivity contribution in [3.63, 3.8) is 0 Å². The SMILES string of the molecule is CC1(C)S[C@@H]2[C@@H](NC=O)C(=O)N2[C@H]1C(=O)OCc1ccccc1. The standard InChI is InChI=1S/C16H18N2O4S/c1-16(2)12(15(21)22-8-10-6-4-3-5-7-10)18-13(20)11(17-9-19)14(18)23-16/h3-7,9,11-12,14H,8H2,1-2H3,(H,17,19)/t11-,12-,14+/m0/s1. The third-order valence-electron chi connectivity index (χ3n) is 4.14. The van der Waals surface area contributed by atoms with Gasteiger partial charge in [0.2, 0.25) is 12.3 Å². The summed E-state index contributed by atoms with van der Waals surface area (Å²) < 4.78 is 4.94. The molecule has 0 saturated carbocycles. The number of thioether (sulfide) groups is 1. The van der Waals surface area contributed by atoms with Gasteiger partial charge in [0.25, 0.3) is 0 Å². The average molecular weight is 334 g/mol. The van der Waals surface area contributed by atoms with E-state index in [2.05, 4.69) is 5.32 Å². The summed E-state index contributed by atoms with van der Waals surface area (Å²) in [5.74, 6) is -0.645. The number of β-lactam (4-membered cyclic amide) rings is 1. The number of ether oxygens (including phenoxy) is 1. The zero-order valence-electron chi connectivity index (χ0n) is 12.9. The van der Waals surface area contributed by atoms with E-state index in [1.165, 1.54) is 16.7 Å². The second kappa shape index (κ2) is 5.88. The molecule has 3 rings (SSSR count). The predicted molar refractivity (Wildman–Crippen MR) is 85.3 cm³/mol. The van der Waals surface area contributed by atoms with Crippen molar-refractivity contribution < 1.29 is 19.1 Å². The topological polar surface area (TPSA) is 75.7 Å². The minimum absolute atomic E-state index is 0.180. The number of fused-ring (bicyclic) bond motifs is 1. The Hall–Kier alpha value is -2.02. The molecule has 6 nitrogen and oxygen atoms in total. The highest BCUT2D eigenvalue weighted by atomic mass is 32.2.